The van der Waals surface area contributed by atoms with Gasteiger partial charge >= 0.3 is 5.97 Å². The number of hydrogen-bond donors (Lipinski definition) is 6. The Morgan fingerprint density at radius 2 is 1.20 bits per heavy atom. The molecular weight excluding hydrogens is 747 g/mol. The van der Waals surface area contributed by atoms with Crippen molar-refractivity contribution in [3.63, 3.8) is 0 Å². The van der Waals surface area contributed by atoms with Gasteiger partial charge in [0.2, 0.25) is 29.5 Å². The van der Waals surface area contributed by atoms with E-state index in [-0.39, 0.29) is 32.1 Å². The molecule has 0 aliphatic carbocycles. The fraction of sp³-hybridized carbons (Fsp3) is 0.234. The van der Waals surface area contributed by atoms with Crippen LogP contribution in [0.25, 0.3) is 11.1 Å². The summed E-state index contributed by atoms with van der Waals surface area (Å²) < 4.78 is 0. The summed E-state index contributed by atoms with van der Waals surface area (Å²) in [7, 11) is 0. The second-order valence-electron chi connectivity index (χ2n) is 14.3. The van der Waals surface area contributed by atoms with Gasteiger partial charge in [-0.2, -0.15) is 0 Å². The van der Waals surface area contributed by atoms with Gasteiger partial charge in [-0.15, -0.1) is 0 Å². The van der Waals surface area contributed by atoms with Crippen molar-refractivity contribution in [1.82, 2.24) is 21.3 Å². The van der Waals surface area contributed by atoms with Crippen LogP contribution in [0.15, 0.2) is 140 Å². The summed E-state index contributed by atoms with van der Waals surface area (Å²) in [6, 6.07) is 40.3. The monoisotopic (exact) mass is 795 g/mol. The average Bonchev–Trinajstić information content (AvgIpc) is 3.24. The molecule has 0 aromatic heterocycles. The summed E-state index contributed by atoms with van der Waals surface area (Å²) in [5.41, 5.74) is 6.59. The number of benzene rings is 5. The third kappa shape index (κ3) is 14.4. The Kier molecular flexibility index (Phi) is 16.1. The van der Waals surface area contributed by atoms with Crippen LogP contribution >= 0.6 is 0 Å². The van der Waals surface area contributed by atoms with Crippen LogP contribution in [0.1, 0.15) is 41.5 Å². The highest BCUT2D eigenvalue weighted by Crippen LogP contribution is 2.19. The maximum atomic E-state index is 13.4. The molecule has 0 spiro atoms. The normalized spacial score (nSPS) is 18.0. The number of fused-ring (bicyclic) bond motifs is 18. The molecule has 0 unspecified atom stereocenters. The molecule has 304 valence electrons. The number of rotatable bonds is 7. The lowest BCUT2D eigenvalue weighted by atomic mass is 10.0. The summed E-state index contributed by atoms with van der Waals surface area (Å²) in [6.07, 6.45) is 0.405. The number of hydrogen-bond acceptors (Lipinski definition) is 6. The Labute approximate surface area is 343 Å². The van der Waals surface area contributed by atoms with Gasteiger partial charge in [-0.05, 0) is 59.7 Å². The average molecular weight is 796 g/mol. The van der Waals surface area contributed by atoms with E-state index in [0.717, 1.165) is 11.1 Å². The topological polar surface area (TPSA) is 183 Å². The minimum absolute atomic E-state index is 0.0537. The van der Waals surface area contributed by atoms with E-state index in [2.05, 4.69) is 82.0 Å². The van der Waals surface area contributed by atoms with Crippen LogP contribution in [-0.2, 0) is 48.0 Å². The van der Waals surface area contributed by atoms with Crippen LogP contribution in [0, 0.1) is 6.92 Å². The van der Waals surface area contributed by atoms with E-state index >= 15 is 0 Å². The number of aliphatic carboxylic acids is 1. The lowest BCUT2D eigenvalue weighted by molar-refractivity contribution is -0.142. The van der Waals surface area contributed by atoms with Gasteiger partial charge in [0, 0.05) is 31.4 Å². The van der Waals surface area contributed by atoms with Crippen LogP contribution in [0.4, 0.5) is 5.69 Å². The molecule has 3 atom stereocenters. The van der Waals surface area contributed by atoms with Crippen molar-refractivity contribution in [1.29, 1.82) is 0 Å². The van der Waals surface area contributed by atoms with E-state index in [0.29, 0.717) is 17.7 Å². The first-order chi connectivity index (χ1) is 28.5. The van der Waals surface area contributed by atoms with Crippen LogP contribution in [-0.4, -0.2) is 65.3 Å². The molecule has 0 saturated carbocycles. The minimum atomic E-state index is -1.31. The van der Waals surface area contributed by atoms with E-state index in [9.17, 15) is 33.9 Å². The van der Waals surface area contributed by atoms with Gasteiger partial charge in [0.25, 0.3) is 0 Å². The summed E-state index contributed by atoms with van der Waals surface area (Å²) >= 11 is 0. The van der Waals surface area contributed by atoms with Crippen LogP contribution in [0.3, 0.4) is 0 Å². The second-order valence-corrected chi connectivity index (χ2v) is 14.3. The maximum absolute atomic E-state index is 13.4. The number of carboxylic acid groups (broad SMARTS) is 1. The predicted octanol–water partition coefficient (Wildman–Crippen LogP) is 5.15. The van der Waals surface area contributed by atoms with Crippen molar-refractivity contribution in [2.45, 2.75) is 63.6 Å². The fourth-order valence-electron chi connectivity index (χ4n) is 6.42. The summed E-state index contributed by atoms with van der Waals surface area (Å²) in [6.45, 7) is 1.62. The van der Waals surface area contributed by atoms with Crippen molar-refractivity contribution in [3.8, 4) is 11.1 Å². The molecule has 2 bridgehead atoms. The molecule has 0 saturated heterocycles. The molecule has 5 amide bonds. The Hall–Kier alpha value is -7.08. The molecule has 59 heavy (non-hydrogen) atoms. The predicted molar refractivity (Wildman–Crippen MR) is 226 cm³/mol. The molecule has 6 N–H and O–H groups in total. The number of anilines is 1. The zero-order valence-corrected chi connectivity index (χ0v) is 32.9. The first kappa shape index (κ1) is 43.1. The smallest absolute Gasteiger partial charge is 0.326 e. The SMILES string of the molecule is Cc1cccc(-c2ccccc2)c1.O=C1CCC(=O)N[C@H](CCc2ccccc2)C(=O)NCC(=O)N[C@H](Cc2ccccc2)C(=O)N[C@H](C(=O)O)Cc2ccc(cc2)N1. The molecule has 2 aliphatic heterocycles. The summed E-state index contributed by atoms with van der Waals surface area (Å²) in [5, 5.41) is 22.9. The highest BCUT2D eigenvalue weighted by atomic mass is 16.4. The molecule has 5 aromatic carbocycles. The van der Waals surface area contributed by atoms with Crippen LogP contribution in [0.5, 0.6) is 0 Å². The maximum Gasteiger partial charge on any atom is 0.326 e. The first-order valence-electron chi connectivity index (χ1n) is 19.5. The van der Waals surface area contributed by atoms with E-state index in [4.69, 9.17) is 0 Å². The number of aryl methyl sites for hydroxylation is 2. The van der Waals surface area contributed by atoms with E-state index in [1.165, 1.54) is 16.7 Å². The van der Waals surface area contributed by atoms with E-state index in [1.54, 1.807) is 54.6 Å². The van der Waals surface area contributed by atoms with Crippen molar-refractivity contribution < 1.29 is 33.9 Å². The van der Waals surface area contributed by atoms with Gasteiger partial charge in [0.05, 0.1) is 6.54 Å². The number of nitrogens with one attached hydrogen (secondary N) is 5. The van der Waals surface area contributed by atoms with Crippen molar-refractivity contribution in [2.75, 3.05) is 11.9 Å². The van der Waals surface area contributed by atoms with Gasteiger partial charge in [0.1, 0.15) is 18.1 Å². The third-order valence-corrected chi connectivity index (χ3v) is 9.57. The first-order valence-corrected chi connectivity index (χ1v) is 19.5. The van der Waals surface area contributed by atoms with Gasteiger partial charge in [-0.25, -0.2) is 4.79 Å². The highest BCUT2D eigenvalue weighted by Gasteiger charge is 2.28. The molecule has 2 heterocycles. The van der Waals surface area contributed by atoms with Crippen molar-refractivity contribution in [3.05, 3.63) is 162 Å². The van der Waals surface area contributed by atoms with Crippen molar-refractivity contribution >= 4 is 41.2 Å². The Balaban J connectivity index is 0.000000428. The number of carboxylic acids is 1. The summed E-state index contributed by atoms with van der Waals surface area (Å²) in [4.78, 5) is 77.0. The quantitative estimate of drug-likeness (QED) is 0.123. The fourth-order valence-corrected chi connectivity index (χ4v) is 6.42. The summed E-state index contributed by atoms with van der Waals surface area (Å²) in [5.74, 6) is -4.19. The Morgan fingerprint density at radius 3 is 1.85 bits per heavy atom. The molecule has 12 nitrogen and oxygen atoms in total. The highest BCUT2D eigenvalue weighted by molar-refractivity contribution is 5.95. The number of carbonyl (C=O) groups is 6. The zero-order valence-electron chi connectivity index (χ0n) is 32.9. The van der Waals surface area contributed by atoms with Gasteiger partial charge in [0.15, 0.2) is 0 Å². The molecule has 0 radical (unpaired) electrons. The zero-order chi connectivity index (χ0) is 42.0. The van der Waals surface area contributed by atoms with Gasteiger partial charge in [-0.3, -0.25) is 24.0 Å². The largest absolute Gasteiger partial charge is 0.480 e. The van der Waals surface area contributed by atoms with Crippen LogP contribution in [0.2, 0.25) is 0 Å². The number of amides is 5. The molecular formula is C47H49N5O7. The standard InChI is InChI=1S/C34H37N5O7.C13H12/c40-29-17-18-30(41)37-26(16-13-22-7-3-1-4-8-22)32(43)35-21-31(42)38-27(19-23-9-5-2-6-10-23)33(44)39-28(34(45)46)20-24-11-14-25(36-29)15-12-24;1-11-6-5-9-13(10-11)12-7-3-2-4-8-12/h1-12,14-15,26-28H,13,16-21H2,(H,35,43)(H,36,40)(H,37,41)(H,38,42)(H,39,44)(H,45,46);2-10H,1H3/t26-,27-,28+;/m1./s1. The molecule has 12 heteroatoms. The number of carbonyl (C=O) groups excluding carboxylic acids is 5. The van der Waals surface area contributed by atoms with Gasteiger partial charge < -0.3 is 31.7 Å². The minimum Gasteiger partial charge on any atom is -0.480 e. The Bertz CT molecular complexity index is 2180. The molecule has 5 aromatic rings. The molecule has 0 fully saturated rings. The van der Waals surface area contributed by atoms with Gasteiger partial charge in [-0.1, -0.05) is 133 Å². The third-order valence-electron chi connectivity index (χ3n) is 9.57. The second kappa shape index (κ2) is 22.0. The lowest BCUT2D eigenvalue weighted by Crippen LogP contribution is -2.55. The van der Waals surface area contributed by atoms with E-state index in [1.807, 2.05) is 36.4 Å². The Morgan fingerprint density at radius 1 is 0.610 bits per heavy atom. The van der Waals surface area contributed by atoms with Crippen LogP contribution < -0.4 is 26.6 Å². The van der Waals surface area contributed by atoms with E-state index < -0.39 is 60.2 Å². The van der Waals surface area contributed by atoms with Crippen molar-refractivity contribution in [2.24, 2.45) is 0 Å². The lowest BCUT2D eigenvalue weighted by Gasteiger charge is -2.22. The molecule has 7 rings (SSSR count). The molecule has 2 aliphatic rings.